The third kappa shape index (κ3) is 2.16. The number of rotatable bonds is 2. The molecule has 2 rings (SSSR count). The smallest absolute Gasteiger partial charge is 0.330 e. The van der Waals surface area contributed by atoms with Crippen LogP contribution in [-0.2, 0) is 4.74 Å². The number of nitrogens with one attached hydrogen (secondary N) is 1. The summed E-state index contributed by atoms with van der Waals surface area (Å²) in [6, 6.07) is 0. The molecule has 0 aromatic carbocycles. The van der Waals surface area contributed by atoms with E-state index in [9.17, 15) is 14.0 Å². The Morgan fingerprint density at radius 3 is 3.00 bits per heavy atom. The third-order valence-electron chi connectivity index (χ3n) is 2.80. The number of nitrogens with zero attached hydrogens (tertiary/aromatic N) is 1. The Bertz CT molecular complexity index is 538. The molecule has 94 valence electrons. The first-order valence-electron chi connectivity index (χ1n) is 5.25. The van der Waals surface area contributed by atoms with E-state index in [0.717, 1.165) is 4.57 Å². The van der Waals surface area contributed by atoms with Gasteiger partial charge >= 0.3 is 5.69 Å². The molecule has 7 heteroatoms. The summed E-state index contributed by atoms with van der Waals surface area (Å²) in [4.78, 5) is 24.8. The second kappa shape index (κ2) is 4.08. The van der Waals surface area contributed by atoms with E-state index in [1.165, 1.54) is 6.20 Å². The van der Waals surface area contributed by atoms with Crippen molar-refractivity contribution in [3.05, 3.63) is 32.6 Å². The summed E-state index contributed by atoms with van der Waals surface area (Å²) in [5.74, 6) is -2.10. The zero-order chi connectivity index (χ0) is 12.6. The Hall–Kier alpha value is -1.47. The second-order valence-corrected chi connectivity index (χ2v) is 4.13. The zero-order valence-corrected chi connectivity index (χ0v) is 9.27. The van der Waals surface area contributed by atoms with Crippen molar-refractivity contribution in [3.63, 3.8) is 0 Å². The Kier molecular flexibility index (Phi) is 2.88. The molecule has 0 bridgehead atoms. The number of alkyl halides is 1. The SMILES string of the molecule is Cc1cn([C@H]2CC[C@@](F)(CO)O2)c(=O)[nH]c1=O. The first-order chi connectivity index (χ1) is 7.95. The van der Waals surface area contributed by atoms with E-state index in [1.54, 1.807) is 6.92 Å². The van der Waals surface area contributed by atoms with Crippen LogP contribution in [0.5, 0.6) is 0 Å². The standard InChI is InChI=1S/C10H13FN2O4/c1-6-4-13(9(16)12-8(6)15)7-2-3-10(11,5-14)17-7/h4,7,14H,2-3,5H2,1H3,(H,12,15,16)/t7-,10+/m1/s1. The normalized spacial score (nSPS) is 28.5. The number of aromatic amines is 1. The topological polar surface area (TPSA) is 84.3 Å². The molecule has 0 saturated carbocycles. The van der Waals surface area contributed by atoms with Crippen molar-refractivity contribution in [1.29, 1.82) is 0 Å². The van der Waals surface area contributed by atoms with Crippen molar-refractivity contribution < 1.29 is 14.2 Å². The number of aliphatic hydroxyl groups excluding tert-OH is 1. The average molecular weight is 244 g/mol. The molecule has 2 heterocycles. The number of aliphatic hydroxyl groups is 1. The maximum Gasteiger partial charge on any atom is 0.330 e. The van der Waals surface area contributed by atoms with E-state index in [2.05, 4.69) is 4.98 Å². The van der Waals surface area contributed by atoms with Crippen LogP contribution in [0, 0.1) is 6.92 Å². The Balaban J connectivity index is 2.34. The summed E-state index contributed by atoms with van der Waals surface area (Å²) >= 11 is 0. The summed E-state index contributed by atoms with van der Waals surface area (Å²) in [5.41, 5.74) is -0.778. The van der Waals surface area contributed by atoms with Crippen LogP contribution in [-0.4, -0.2) is 27.1 Å². The number of H-pyrrole nitrogens is 1. The van der Waals surface area contributed by atoms with Crippen LogP contribution in [0.15, 0.2) is 15.8 Å². The van der Waals surface area contributed by atoms with Gasteiger partial charge in [0.05, 0.1) is 0 Å². The molecule has 1 fully saturated rings. The van der Waals surface area contributed by atoms with Crippen LogP contribution in [0.25, 0.3) is 0 Å². The predicted octanol–water partition coefficient (Wildman–Crippen LogP) is -0.188. The highest BCUT2D eigenvalue weighted by atomic mass is 19.2. The third-order valence-corrected chi connectivity index (χ3v) is 2.80. The minimum atomic E-state index is -2.10. The van der Waals surface area contributed by atoms with E-state index in [1.807, 2.05) is 0 Å². The molecule has 0 aliphatic carbocycles. The highest BCUT2D eigenvalue weighted by Gasteiger charge is 2.41. The van der Waals surface area contributed by atoms with E-state index in [0.29, 0.717) is 5.56 Å². The van der Waals surface area contributed by atoms with Gasteiger partial charge in [-0.15, -0.1) is 0 Å². The van der Waals surface area contributed by atoms with Gasteiger partial charge in [0.25, 0.3) is 5.56 Å². The molecule has 17 heavy (non-hydrogen) atoms. The fourth-order valence-electron chi connectivity index (χ4n) is 1.81. The number of hydrogen-bond donors (Lipinski definition) is 2. The summed E-state index contributed by atoms with van der Waals surface area (Å²) in [7, 11) is 0. The highest BCUT2D eigenvalue weighted by Crippen LogP contribution is 2.36. The van der Waals surface area contributed by atoms with E-state index >= 15 is 0 Å². The summed E-state index contributed by atoms with van der Waals surface area (Å²) < 4.78 is 19.7. The van der Waals surface area contributed by atoms with Gasteiger partial charge < -0.3 is 9.84 Å². The second-order valence-electron chi connectivity index (χ2n) is 4.13. The van der Waals surface area contributed by atoms with Gasteiger partial charge in [-0.2, -0.15) is 0 Å². The molecule has 2 N–H and O–H groups in total. The summed E-state index contributed by atoms with van der Waals surface area (Å²) in [6.07, 6.45) is 0.811. The molecule has 1 aliphatic heterocycles. The molecule has 0 radical (unpaired) electrons. The van der Waals surface area contributed by atoms with Gasteiger partial charge in [0, 0.05) is 18.2 Å². The van der Waals surface area contributed by atoms with Gasteiger partial charge in [0.1, 0.15) is 12.8 Å². The van der Waals surface area contributed by atoms with Crippen LogP contribution >= 0.6 is 0 Å². The maximum atomic E-state index is 13.6. The maximum absolute atomic E-state index is 13.6. The van der Waals surface area contributed by atoms with E-state index in [-0.39, 0.29) is 12.8 Å². The molecular weight excluding hydrogens is 231 g/mol. The molecule has 1 aromatic heterocycles. The van der Waals surface area contributed by atoms with Crippen LogP contribution < -0.4 is 11.2 Å². The van der Waals surface area contributed by atoms with Gasteiger partial charge in [-0.3, -0.25) is 14.3 Å². The molecule has 2 atom stereocenters. The molecule has 0 unspecified atom stereocenters. The quantitative estimate of drug-likeness (QED) is 0.755. The fraction of sp³-hybridized carbons (Fsp3) is 0.600. The van der Waals surface area contributed by atoms with Crippen LogP contribution in [0.4, 0.5) is 4.39 Å². The Morgan fingerprint density at radius 1 is 1.71 bits per heavy atom. The lowest BCUT2D eigenvalue weighted by molar-refractivity contribution is -0.177. The molecule has 1 saturated heterocycles. The first kappa shape index (κ1) is 12.0. The average Bonchev–Trinajstić information content (AvgIpc) is 2.67. The molecule has 1 aliphatic rings. The molecular formula is C10H13FN2O4. The van der Waals surface area contributed by atoms with Crippen molar-refractivity contribution in [1.82, 2.24) is 9.55 Å². The van der Waals surface area contributed by atoms with Crippen molar-refractivity contribution in [3.8, 4) is 0 Å². The van der Waals surface area contributed by atoms with Crippen molar-refractivity contribution in [2.24, 2.45) is 0 Å². The van der Waals surface area contributed by atoms with Crippen LogP contribution in [0.2, 0.25) is 0 Å². The lowest BCUT2D eigenvalue weighted by Crippen LogP contribution is -2.35. The largest absolute Gasteiger partial charge is 0.390 e. The molecule has 0 spiro atoms. The number of aromatic nitrogens is 2. The van der Waals surface area contributed by atoms with Gasteiger partial charge in [0.2, 0.25) is 5.85 Å². The number of ether oxygens (including phenoxy) is 1. The number of aryl methyl sites for hydroxylation is 1. The molecule has 1 aromatic rings. The monoisotopic (exact) mass is 244 g/mol. The number of halogens is 1. The minimum Gasteiger partial charge on any atom is -0.390 e. The van der Waals surface area contributed by atoms with Gasteiger partial charge in [-0.1, -0.05) is 0 Å². The van der Waals surface area contributed by atoms with Crippen molar-refractivity contribution in [2.75, 3.05) is 6.61 Å². The fourth-order valence-corrected chi connectivity index (χ4v) is 1.81. The van der Waals surface area contributed by atoms with Crippen molar-refractivity contribution >= 4 is 0 Å². The van der Waals surface area contributed by atoms with E-state index in [4.69, 9.17) is 9.84 Å². The Labute approximate surface area is 95.7 Å². The van der Waals surface area contributed by atoms with Gasteiger partial charge in [-0.05, 0) is 13.3 Å². The molecule has 6 nitrogen and oxygen atoms in total. The van der Waals surface area contributed by atoms with Gasteiger partial charge in [-0.25, -0.2) is 9.18 Å². The lowest BCUT2D eigenvalue weighted by Gasteiger charge is -2.19. The summed E-state index contributed by atoms with van der Waals surface area (Å²) in [6.45, 7) is 0.791. The lowest BCUT2D eigenvalue weighted by atomic mass is 10.2. The highest BCUT2D eigenvalue weighted by molar-refractivity contribution is 5.01. The minimum absolute atomic E-state index is 0.0127. The summed E-state index contributed by atoms with van der Waals surface area (Å²) in [5, 5.41) is 8.81. The number of hydrogen-bond acceptors (Lipinski definition) is 4. The van der Waals surface area contributed by atoms with Gasteiger partial charge in [0.15, 0.2) is 0 Å². The van der Waals surface area contributed by atoms with Crippen LogP contribution in [0.3, 0.4) is 0 Å². The first-order valence-corrected chi connectivity index (χ1v) is 5.25. The van der Waals surface area contributed by atoms with Crippen LogP contribution in [0.1, 0.15) is 24.6 Å². The predicted molar refractivity (Wildman–Crippen MR) is 56.3 cm³/mol. The van der Waals surface area contributed by atoms with E-state index < -0.39 is 29.9 Å². The Morgan fingerprint density at radius 2 is 2.41 bits per heavy atom. The van der Waals surface area contributed by atoms with Crippen molar-refractivity contribution in [2.45, 2.75) is 31.8 Å². The zero-order valence-electron chi connectivity index (χ0n) is 9.27. The molecule has 0 amide bonds.